The molecule has 0 unspecified atom stereocenters. The largest absolute Gasteiger partial charge is 0.476 e. The molecule has 1 fully saturated rings. The molecule has 0 aliphatic carbocycles. The van der Waals surface area contributed by atoms with Crippen LogP contribution < -0.4 is 9.04 Å². The van der Waals surface area contributed by atoms with E-state index in [1.165, 1.54) is 6.07 Å². The number of hydrogen-bond donors (Lipinski definition) is 0. The summed E-state index contributed by atoms with van der Waals surface area (Å²) in [6.45, 7) is 2.76. The van der Waals surface area contributed by atoms with E-state index in [9.17, 15) is 18.0 Å². The van der Waals surface area contributed by atoms with Crippen molar-refractivity contribution in [2.24, 2.45) is 5.92 Å². The summed E-state index contributed by atoms with van der Waals surface area (Å²) in [5, 5.41) is 0.377. The molecule has 8 nitrogen and oxygen atoms in total. The second-order valence-corrected chi connectivity index (χ2v) is 9.21. The van der Waals surface area contributed by atoms with Crippen molar-refractivity contribution in [3.8, 4) is 5.75 Å². The summed E-state index contributed by atoms with van der Waals surface area (Å²) in [7, 11) is -3.62. The highest BCUT2D eigenvalue weighted by Crippen LogP contribution is 2.37. The first-order valence-corrected chi connectivity index (χ1v) is 11.3. The normalized spacial score (nSPS) is 20.3. The molecule has 10 heteroatoms. The maximum Gasteiger partial charge on any atom is 0.309 e. The Hall–Kier alpha value is -2.00. The molecule has 3 rings (SSSR count). The molecule has 1 saturated heterocycles. The van der Waals surface area contributed by atoms with Gasteiger partial charge in [-0.1, -0.05) is 11.6 Å². The Bertz CT molecular complexity index is 867. The van der Waals surface area contributed by atoms with Gasteiger partial charge in [-0.3, -0.25) is 13.9 Å². The highest BCUT2D eigenvalue weighted by molar-refractivity contribution is 7.92. The number of amides is 1. The minimum Gasteiger partial charge on any atom is -0.476 e. The number of likely N-dealkylation sites (tertiary alicyclic amines) is 1. The van der Waals surface area contributed by atoms with Crippen LogP contribution >= 0.6 is 11.6 Å². The predicted octanol–water partition coefficient (Wildman–Crippen LogP) is 1.67. The van der Waals surface area contributed by atoms with Crippen LogP contribution in [0.3, 0.4) is 0 Å². The van der Waals surface area contributed by atoms with Crippen molar-refractivity contribution in [2.45, 2.75) is 25.9 Å². The van der Waals surface area contributed by atoms with Gasteiger partial charge in [0.2, 0.25) is 10.0 Å². The van der Waals surface area contributed by atoms with Gasteiger partial charge in [0.1, 0.15) is 5.75 Å². The molecule has 0 aromatic heterocycles. The fourth-order valence-corrected chi connectivity index (χ4v) is 4.54. The summed E-state index contributed by atoms with van der Waals surface area (Å²) in [6, 6.07) is 4.64. The number of fused-ring (bicyclic) bond motifs is 1. The molecule has 154 valence electrons. The zero-order valence-electron chi connectivity index (χ0n) is 15.8. The minimum absolute atomic E-state index is 0.122. The van der Waals surface area contributed by atoms with E-state index in [-0.39, 0.29) is 24.3 Å². The molecule has 0 radical (unpaired) electrons. The molecule has 1 aromatic rings. The summed E-state index contributed by atoms with van der Waals surface area (Å²) in [6.07, 6.45) is 1.15. The molecule has 2 heterocycles. The van der Waals surface area contributed by atoms with Gasteiger partial charge >= 0.3 is 5.97 Å². The van der Waals surface area contributed by atoms with Crippen molar-refractivity contribution in [3.05, 3.63) is 23.2 Å². The van der Waals surface area contributed by atoms with Crippen LogP contribution in [0.25, 0.3) is 0 Å². The standard InChI is InChI=1S/C18H23ClN2O6S/c1-3-26-18(23)12-6-8-20(9-7-12)17(22)16-11-21(28(2,24)25)14-10-13(19)4-5-15(14)27-16/h4-5,10,12,16H,3,6-9,11H2,1-2H3/t16-/m0/s1. The Labute approximate surface area is 169 Å². The van der Waals surface area contributed by atoms with Gasteiger partial charge in [0, 0.05) is 18.1 Å². The van der Waals surface area contributed by atoms with Gasteiger partial charge in [0.25, 0.3) is 5.91 Å². The number of halogens is 1. The Kier molecular flexibility index (Phi) is 6.04. The number of nitrogens with zero attached hydrogens (tertiary/aromatic N) is 2. The summed E-state index contributed by atoms with van der Waals surface area (Å²) in [5.41, 5.74) is 0.320. The van der Waals surface area contributed by atoms with Crippen LogP contribution in [0.15, 0.2) is 18.2 Å². The van der Waals surface area contributed by atoms with E-state index < -0.39 is 16.1 Å². The maximum atomic E-state index is 12.9. The van der Waals surface area contributed by atoms with Crippen molar-refractivity contribution in [2.75, 3.05) is 36.8 Å². The monoisotopic (exact) mass is 430 g/mol. The molecule has 28 heavy (non-hydrogen) atoms. The third kappa shape index (κ3) is 4.35. The van der Waals surface area contributed by atoms with E-state index in [0.717, 1.165) is 10.6 Å². The van der Waals surface area contributed by atoms with Crippen molar-refractivity contribution < 1.29 is 27.5 Å². The highest BCUT2D eigenvalue weighted by Gasteiger charge is 2.38. The van der Waals surface area contributed by atoms with Gasteiger partial charge in [-0.15, -0.1) is 0 Å². The molecule has 1 atom stereocenters. The van der Waals surface area contributed by atoms with E-state index in [4.69, 9.17) is 21.1 Å². The number of hydrogen-bond acceptors (Lipinski definition) is 6. The van der Waals surface area contributed by atoms with Crippen LogP contribution in [0.5, 0.6) is 5.75 Å². The summed E-state index contributed by atoms with van der Waals surface area (Å²) >= 11 is 5.98. The zero-order valence-corrected chi connectivity index (χ0v) is 17.3. The molecule has 2 aliphatic rings. The molecule has 1 amide bonds. The first-order valence-electron chi connectivity index (χ1n) is 9.10. The number of sulfonamides is 1. The third-order valence-corrected chi connectivity index (χ3v) is 6.27. The lowest BCUT2D eigenvalue weighted by Gasteiger charge is -2.38. The van der Waals surface area contributed by atoms with Gasteiger partial charge in [-0.2, -0.15) is 0 Å². The predicted molar refractivity (Wildman–Crippen MR) is 104 cm³/mol. The lowest BCUT2D eigenvalue weighted by atomic mass is 9.96. The Morgan fingerprint density at radius 3 is 2.57 bits per heavy atom. The molecule has 0 spiro atoms. The molecular weight excluding hydrogens is 408 g/mol. The lowest BCUT2D eigenvalue weighted by molar-refractivity contribution is -0.152. The molecular formula is C18H23ClN2O6S. The number of rotatable bonds is 4. The number of ether oxygens (including phenoxy) is 2. The van der Waals surface area contributed by atoms with Crippen LogP contribution in [0.4, 0.5) is 5.69 Å². The van der Waals surface area contributed by atoms with Crippen LogP contribution in [0.1, 0.15) is 19.8 Å². The summed E-state index contributed by atoms with van der Waals surface area (Å²) in [4.78, 5) is 26.4. The Morgan fingerprint density at radius 1 is 1.29 bits per heavy atom. The number of esters is 1. The van der Waals surface area contributed by atoms with Crippen molar-refractivity contribution >= 4 is 39.2 Å². The first kappa shape index (κ1) is 20.7. The average Bonchev–Trinajstić information content (AvgIpc) is 2.66. The summed E-state index contributed by atoms with van der Waals surface area (Å²) < 4.78 is 36.5. The number of piperidine rings is 1. The van der Waals surface area contributed by atoms with Gasteiger partial charge in [0.15, 0.2) is 6.10 Å². The Morgan fingerprint density at radius 2 is 1.96 bits per heavy atom. The second-order valence-electron chi connectivity index (χ2n) is 6.86. The summed E-state index contributed by atoms with van der Waals surface area (Å²) in [5.74, 6) is -0.457. The molecule has 2 aliphatic heterocycles. The van der Waals surface area contributed by atoms with Gasteiger partial charge in [-0.05, 0) is 38.0 Å². The number of carbonyl (C=O) groups excluding carboxylic acids is 2. The molecule has 0 bridgehead atoms. The fraction of sp³-hybridized carbons (Fsp3) is 0.556. The van der Waals surface area contributed by atoms with Crippen LogP contribution in [-0.4, -0.2) is 63.8 Å². The van der Waals surface area contributed by atoms with Gasteiger partial charge < -0.3 is 14.4 Å². The van der Waals surface area contributed by atoms with E-state index in [1.807, 2.05) is 0 Å². The van der Waals surface area contributed by atoms with E-state index >= 15 is 0 Å². The van der Waals surface area contributed by atoms with Crippen LogP contribution in [-0.2, 0) is 24.3 Å². The molecule has 0 saturated carbocycles. The van der Waals surface area contributed by atoms with Gasteiger partial charge in [-0.25, -0.2) is 8.42 Å². The van der Waals surface area contributed by atoms with Crippen molar-refractivity contribution in [3.63, 3.8) is 0 Å². The van der Waals surface area contributed by atoms with Crippen molar-refractivity contribution in [1.29, 1.82) is 0 Å². The van der Waals surface area contributed by atoms with Crippen LogP contribution in [0.2, 0.25) is 5.02 Å². The molecule has 0 N–H and O–H groups in total. The van der Waals surface area contributed by atoms with Gasteiger partial charge in [0.05, 0.1) is 31.0 Å². The van der Waals surface area contributed by atoms with E-state index in [0.29, 0.717) is 49.0 Å². The highest BCUT2D eigenvalue weighted by atomic mass is 35.5. The average molecular weight is 431 g/mol. The number of anilines is 1. The van der Waals surface area contributed by atoms with Crippen LogP contribution in [0, 0.1) is 5.92 Å². The number of benzene rings is 1. The van der Waals surface area contributed by atoms with Crippen molar-refractivity contribution in [1.82, 2.24) is 4.90 Å². The Balaban J connectivity index is 1.73. The topological polar surface area (TPSA) is 93.2 Å². The zero-order chi connectivity index (χ0) is 20.5. The van der Waals surface area contributed by atoms with E-state index in [1.54, 1.807) is 24.0 Å². The molecule has 1 aromatic carbocycles. The second kappa shape index (κ2) is 8.16. The first-order chi connectivity index (χ1) is 13.2. The maximum absolute atomic E-state index is 12.9. The third-order valence-electron chi connectivity index (χ3n) is 4.89. The quantitative estimate of drug-likeness (QED) is 0.674. The minimum atomic E-state index is -3.62. The SMILES string of the molecule is CCOC(=O)C1CCN(C(=O)[C@@H]2CN(S(C)(=O)=O)c3cc(Cl)ccc3O2)CC1. The lowest BCUT2D eigenvalue weighted by Crippen LogP contribution is -2.53. The van der Waals surface area contributed by atoms with E-state index in [2.05, 4.69) is 0 Å². The smallest absolute Gasteiger partial charge is 0.309 e. The fourth-order valence-electron chi connectivity index (χ4n) is 3.47. The number of carbonyl (C=O) groups is 2.